The van der Waals surface area contributed by atoms with Crippen LogP contribution >= 0.6 is 0 Å². The van der Waals surface area contributed by atoms with Gasteiger partial charge in [-0.3, -0.25) is 9.69 Å². The monoisotopic (exact) mass is 288 g/mol. The number of nitrogens with one attached hydrogen (secondary N) is 1. The first-order chi connectivity index (χ1) is 10.3. The first-order valence-corrected chi connectivity index (χ1v) is 7.93. The number of benzene rings is 1. The van der Waals surface area contributed by atoms with E-state index >= 15 is 0 Å². The van der Waals surface area contributed by atoms with Crippen molar-refractivity contribution >= 4 is 5.91 Å². The van der Waals surface area contributed by atoms with Crippen LogP contribution in [-0.2, 0) is 11.3 Å². The van der Waals surface area contributed by atoms with Crippen LogP contribution in [0.25, 0.3) is 0 Å². The summed E-state index contributed by atoms with van der Waals surface area (Å²) in [6, 6.07) is 10.8. The lowest BCUT2D eigenvalue weighted by molar-refractivity contribution is -0.125. The zero-order valence-corrected chi connectivity index (χ0v) is 12.4. The number of aliphatic hydroxyl groups excluding tert-OH is 1. The molecular weight excluding hydrogens is 264 g/mol. The fourth-order valence-electron chi connectivity index (χ4n) is 3.97. The fraction of sp³-hybridized carbons (Fsp3) is 0.588. The van der Waals surface area contributed by atoms with E-state index in [4.69, 9.17) is 5.11 Å². The van der Waals surface area contributed by atoms with Crippen molar-refractivity contribution in [1.29, 1.82) is 0 Å². The molecule has 1 saturated heterocycles. The van der Waals surface area contributed by atoms with Gasteiger partial charge in [-0.1, -0.05) is 36.8 Å². The third-order valence-electron chi connectivity index (χ3n) is 4.91. The molecule has 2 aliphatic rings. The van der Waals surface area contributed by atoms with E-state index in [0.29, 0.717) is 11.8 Å². The highest BCUT2D eigenvalue weighted by Gasteiger charge is 2.40. The number of carbonyl (C=O) groups is 1. The minimum Gasteiger partial charge on any atom is -0.387 e. The Labute approximate surface area is 126 Å². The quantitative estimate of drug-likeness (QED) is 0.880. The molecule has 0 radical (unpaired) electrons. The molecule has 4 heteroatoms. The van der Waals surface area contributed by atoms with Crippen molar-refractivity contribution < 1.29 is 9.90 Å². The molecule has 2 N–H and O–H groups in total. The predicted molar refractivity (Wildman–Crippen MR) is 81.6 cm³/mol. The molecule has 2 fully saturated rings. The molecule has 3 rings (SSSR count). The Morgan fingerprint density at radius 1 is 1.24 bits per heavy atom. The molecule has 0 bridgehead atoms. The number of nitrogens with zero attached hydrogens (tertiary/aromatic N) is 1. The van der Waals surface area contributed by atoms with Crippen LogP contribution in [0, 0.1) is 11.8 Å². The third-order valence-corrected chi connectivity index (χ3v) is 4.91. The molecule has 1 aromatic rings. The van der Waals surface area contributed by atoms with E-state index in [2.05, 4.69) is 34.5 Å². The van der Waals surface area contributed by atoms with Crippen LogP contribution < -0.4 is 5.32 Å². The van der Waals surface area contributed by atoms with Gasteiger partial charge in [0, 0.05) is 25.7 Å². The Bertz CT molecular complexity index is 477. The smallest absolute Gasteiger partial charge is 0.245 e. The lowest BCUT2D eigenvalue weighted by atomic mass is 9.78. The molecule has 0 aromatic heterocycles. The van der Waals surface area contributed by atoms with Crippen molar-refractivity contribution in [3.8, 4) is 0 Å². The van der Waals surface area contributed by atoms with Gasteiger partial charge in [-0.25, -0.2) is 0 Å². The number of rotatable bonds is 4. The number of amides is 1. The summed E-state index contributed by atoms with van der Waals surface area (Å²) in [6.07, 6.45) is 3.49. The Morgan fingerprint density at radius 2 is 2.05 bits per heavy atom. The highest BCUT2D eigenvalue weighted by Crippen LogP contribution is 2.36. The minimum absolute atomic E-state index is 0.234. The molecule has 1 aliphatic heterocycles. The van der Waals surface area contributed by atoms with E-state index in [-0.39, 0.29) is 11.9 Å². The number of hydrogen-bond acceptors (Lipinski definition) is 3. The summed E-state index contributed by atoms with van der Waals surface area (Å²) in [5, 5.41) is 11.9. The molecule has 0 unspecified atom stereocenters. The molecular formula is C17H24N2O2. The van der Waals surface area contributed by atoms with E-state index < -0.39 is 6.61 Å². The van der Waals surface area contributed by atoms with Gasteiger partial charge in [-0.05, 0) is 30.2 Å². The SMILES string of the molecule is O=C(CO)N[C@@H]1CCC[C@@H]2CN(Cc3ccccc3)C[C@H]21. The van der Waals surface area contributed by atoms with Gasteiger partial charge in [-0.2, -0.15) is 0 Å². The summed E-state index contributed by atoms with van der Waals surface area (Å²) in [6.45, 7) is 2.77. The van der Waals surface area contributed by atoms with Crippen LogP contribution in [0.15, 0.2) is 30.3 Å². The Balaban J connectivity index is 1.61. The Morgan fingerprint density at radius 3 is 2.81 bits per heavy atom. The fourth-order valence-corrected chi connectivity index (χ4v) is 3.97. The first-order valence-electron chi connectivity index (χ1n) is 7.93. The molecule has 3 atom stereocenters. The van der Waals surface area contributed by atoms with E-state index in [1.807, 2.05) is 6.07 Å². The average molecular weight is 288 g/mol. The lowest BCUT2D eigenvalue weighted by Gasteiger charge is -2.33. The van der Waals surface area contributed by atoms with Crippen molar-refractivity contribution in [2.45, 2.75) is 31.8 Å². The van der Waals surface area contributed by atoms with Crippen LogP contribution in [0.2, 0.25) is 0 Å². The highest BCUT2D eigenvalue weighted by molar-refractivity contribution is 5.77. The summed E-state index contributed by atoms with van der Waals surface area (Å²) in [4.78, 5) is 14.0. The van der Waals surface area contributed by atoms with Gasteiger partial charge < -0.3 is 10.4 Å². The highest BCUT2D eigenvalue weighted by atomic mass is 16.3. The summed E-state index contributed by atoms with van der Waals surface area (Å²) in [5.41, 5.74) is 1.35. The van der Waals surface area contributed by atoms with Gasteiger partial charge in [0.1, 0.15) is 6.61 Å². The maximum Gasteiger partial charge on any atom is 0.245 e. The Kier molecular flexibility index (Phi) is 4.56. The van der Waals surface area contributed by atoms with Gasteiger partial charge in [-0.15, -0.1) is 0 Å². The molecule has 0 spiro atoms. The predicted octanol–water partition coefficient (Wildman–Crippen LogP) is 1.40. The van der Waals surface area contributed by atoms with Gasteiger partial charge in [0.2, 0.25) is 5.91 Å². The molecule has 1 amide bonds. The summed E-state index contributed by atoms with van der Waals surface area (Å²) in [7, 11) is 0. The maximum absolute atomic E-state index is 11.5. The zero-order chi connectivity index (χ0) is 14.7. The van der Waals surface area contributed by atoms with Crippen LogP contribution in [0.4, 0.5) is 0 Å². The second kappa shape index (κ2) is 6.58. The number of carbonyl (C=O) groups excluding carboxylic acids is 1. The maximum atomic E-state index is 11.5. The van der Waals surface area contributed by atoms with Crippen molar-refractivity contribution in [2.24, 2.45) is 11.8 Å². The first kappa shape index (κ1) is 14.5. The number of fused-ring (bicyclic) bond motifs is 1. The standard InChI is InChI=1S/C17H24N2O2/c20-12-17(21)18-16-8-4-7-14-10-19(11-15(14)16)9-13-5-2-1-3-6-13/h1-3,5-6,14-16,20H,4,7-12H2,(H,18,21)/t14-,15-,16-/m1/s1. The van der Waals surface area contributed by atoms with Crippen LogP contribution in [0.5, 0.6) is 0 Å². The second-order valence-corrected chi connectivity index (χ2v) is 6.37. The van der Waals surface area contributed by atoms with E-state index in [1.54, 1.807) is 0 Å². The van der Waals surface area contributed by atoms with E-state index in [9.17, 15) is 4.79 Å². The average Bonchev–Trinajstić information content (AvgIpc) is 2.91. The third kappa shape index (κ3) is 3.44. The molecule has 21 heavy (non-hydrogen) atoms. The number of likely N-dealkylation sites (tertiary alicyclic amines) is 1. The van der Waals surface area contributed by atoms with Crippen molar-refractivity contribution in [1.82, 2.24) is 10.2 Å². The number of aliphatic hydroxyl groups is 1. The molecule has 1 heterocycles. The van der Waals surface area contributed by atoms with Gasteiger partial charge in [0.25, 0.3) is 0 Å². The molecule has 1 saturated carbocycles. The van der Waals surface area contributed by atoms with Gasteiger partial charge in [0.15, 0.2) is 0 Å². The molecule has 1 aromatic carbocycles. The Hall–Kier alpha value is -1.39. The van der Waals surface area contributed by atoms with Crippen LogP contribution in [0.1, 0.15) is 24.8 Å². The van der Waals surface area contributed by atoms with Crippen molar-refractivity contribution in [3.05, 3.63) is 35.9 Å². The normalized spacial score (nSPS) is 29.1. The lowest BCUT2D eigenvalue weighted by Crippen LogP contribution is -2.46. The largest absolute Gasteiger partial charge is 0.387 e. The van der Waals surface area contributed by atoms with Crippen molar-refractivity contribution in [3.63, 3.8) is 0 Å². The zero-order valence-electron chi connectivity index (χ0n) is 12.4. The van der Waals surface area contributed by atoms with Crippen LogP contribution in [-0.4, -0.2) is 41.7 Å². The van der Waals surface area contributed by atoms with E-state index in [0.717, 1.165) is 26.1 Å². The summed E-state index contributed by atoms with van der Waals surface area (Å²) >= 11 is 0. The topological polar surface area (TPSA) is 52.6 Å². The molecule has 1 aliphatic carbocycles. The summed E-state index contributed by atoms with van der Waals surface area (Å²) < 4.78 is 0. The van der Waals surface area contributed by atoms with Gasteiger partial charge >= 0.3 is 0 Å². The summed E-state index contributed by atoms with van der Waals surface area (Å²) in [5.74, 6) is 0.992. The van der Waals surface area contributed by atoms with Crippen LogP contribution in [0.3, 0.4) is 0 Å². The van der Waals surface area contributed by atoms with Crippen molar-refractivity contribution in [2.75, 3.05) is 19.7 Å². The second-order valence-electron chi connectivity index (χ2n) is 6.37. The van der Waals surface area contributed by atoms with Gasteiger partial charge in [0.05, 0.1) is 0 Å². The molecule has 4 nitrogen and oxygen atoms in total. The molecule has 114 valence electrons. The number of hydrogen-bond donors (Lipinski definition) is 2. The van der Waals surface area contributed by atoms with E-state index in [1.165, 1.54) is 18.4 Å². The minimum atomic E-state index is -0.401.